The molecule has 1 aromatic carbocycles. The molecule has 0 bridgehead atoms. The van der Waals surface area contributed by atoms with Crippen LogP contribution in [0.15, 0.2) is 35.0 Å². The minimum atomic E-state index is -0.845. The minimum absolute atomic E-state index is 0.00646. The van der Waals surface area contributed by atoms with E-state index < -0.39 is 11.4 Å². The van der Waals surface area contributed by atoms with E-state index in [1.165, 1.54) is 12.3 Å². The fourth-order valence-electron chi connectivity index (χ4n) is 3.14. The summed E-state index contributed by atoms with van der Waals surface area (Å²) in [7, 11) is 0. The average Bonchev–Trinajstić information content (AvgIpc) is 3.03. The number of piperidine rings is 1. The molecule has 0 spiro atoms. The van der Waals surface area contributed by atoms with Crippen molar-refractivity contribution in [3.8, 4) is 11.3 Å². The maximum absolute atomic E-state index is 14.0. The van der Waals surface area contributed by atoms with E-state index in [0.29, 0.717) is 13.1 Å². The van der Waals surface area contributed by atoms with Gasteiger partial charge in [-0.15, -0.1) is 0 Å². The number of rotatable bonds is 3. The van der Waals surface area contributed by atoms with Gasteiger partial charge in [0, 0.05) is 19.0 Å². The van der Waals surface area contributed by atoms with Crippen LogP contribution in [0.5, 0.6) is 0 Å². The highest BCUT2D eigenvalue weighted by Crippen LogP contribution is 2.30. The van der Waals surface area contributed by atoms with Gasteiger partial charge in [-0.05, 0) is 38.8 Å². The van der Waals surface area contributed by atoms with Crippen LogP contribution in [-0.4, -0.2) is 39.8 Å². The maximum atomic E-state index is 14.0. The Hall–Kier alpha value is -2.21. The van der Waals surface area contributed by atoms with Crippen molar-refractivity contribution in [2.75, 3.05) is 13.1 Å². The fourth-order valence-corrected chi connectivity index (χ4v) is 3.14. The number of carbonyl (C=O) groups is 1. The van der Waals surface area contributed by atoms with E-state index in [1.54, 1.807) is 36.9 Å². The molecule has 1 saturated heterocycles. The lowest BCUT2D eigenvalue weighted by Crippen LogP contribution is -2.46. The Morgan fingerprint density at radius 2 is 2.17 bits per heavy atom. The highest BCUT2D eigenvalue weighted by Gasteiger charge is 2.34. The second kappa shape index (κ2) is 6.36. The van der Waals surface area contributed by atoms with Crippen molar-refractivity contribution in [2.24, 2.45) is 5.92 Å². The Labute approximate surface area is 140 Å². The second-order valence-corrected chi connectivity index (χ2v) is 6.79. The third-order valence-electron chi connectivity index (χ3n) is 4.63. The number of nitrogens with zero attached hydrogens (tertiary/aromatic N) is 2. The molecular weight excluding hydrogens is 311 g/mol. The summed E-state index contributed by atoms with van der Waals surface area (Å²) in [4.78, 5) is 14.5. The Balaban J connectivity index is 1.87. The van der Waals surface area contributed by atoms with Gasteiger partial charge in [0.2, 0.25) is 0 Å². The van der Waals surface area contributed by atoms with Crippen molar-refractivity contribution in [1.29, 1.82) is 0 Å². The maximum Gasteiger partial charge on any atom is 0.259 e. The first-order chi connectivity index (χ1) is 11.4. The lowest BCUT2D eigenvalue weighted by molar-refractivity contribution is -0.0146. The lowest BCUT2D eigenvalue weighted by Gasteiger charge is -2.38. The molecule has 6 heteroatoms. The molecule has 0 saturated carbocycles. The van der Waals surface area contributed by atoms with Crippen LogP contribution in [-0.2, 0) is 0 Å². The van der Waals surface area contributed by atoms with Crippen LogP contribution < -0.4 is 0 Å². The summed E-state index contributed by atoms with van der Waals surface area (Å²) in [5.41, 5.74) is -0.381. The van der Waals surface area contributed by atoms with Gasteiger partial charge in [0.15, 0.2) is 5.76 Å². The summed E-state index contributed by atoms with van der Waals surface area (Å²) < 4.78 is 19.2. The van der Waals surface area contributed by atoms with Crippen molar-refractivity contribution in [2.45, 2.75) is 32.3 Å². The molecule has 0 aliphatic carbocycles. The van der Waals surface area contributed by atoms with Gasteiger partial charge in [-0.25, -0.2) is 4.39 Å². The first-order valence-electron chi connectivity index (χ1n) is 8.09. The average molecular weight is 332 g/mol. The van der Waals surface area contributed by atoms with Crippen LogP contribution in [0.4, 0.5) is 4.39 Å². The fraction of sp³-hybridized carbons (Fsp3) is 0.444. The number of halogens is 1. The molecule has 5 nitrogen and oxygen atoms in total. The molecule has 1 aliphatic heterocycles. The molecule has 24 heavy (non-hydrogen) atoms. The van der Waals surface area contributed by atoms with Crippen molar-refractivity contribution < 1.29 is 18.8 Å². The molecule has 1 amide bonds. The molecular formula is C18H21FN2O3. The van der Waals surface area contributed by atoms with Crippen molar-refractivity contribution in [1.82, 2.24) is 10.1 Å². The van der Waals surface area contributed by atoms with Gasteiger partial charge in [0.05, 0.1) is 17.4 Å². The Kier molecular flexibility index (Phi) is 4.41. The number of hydrogen-bond donors (Lipinski definition) is 1. The van der Waals surface area contributed by atoms with E-state index in [4.69, 9.17) is 4.52 Å². The van der Waals surface area contributed by atoms with E-state index in [2.05, 4.69) is 5.16 Å². The molecule has 2 aromatic rings. The minimum Gasteiger partial charge on any atom is -0.390 e. The van der Waals surface area contributed by atoms with Gasteiger partial charge in [0.1, 0.15) is 11.4 Å². The van der Waals surface area contributed by atoms with Crippen molar-refractivity contribution in [3.63, 3.8) is 0 Å². The van der Waals surface area contributed by atoms with E-state index in [9.17, 15) is 14.3 Å². The summed E-state index contributed by atoms with van der Waals surface area (Å²) in [5, 5.41) is 13.9. The first-order valence-corrected chi connectivity index (χ1v) is 8.09. The largest absolute Gasteiger partial charge is 0.390 e. The van der Waals surface area contributed by atoms with Crippen LogP contribution >= 0.6 is 0 Å². The number of carbonyl (C=O) groups excluding carboxylic acids is 1. The topological polar surface area (TPSA) is 66.6 Å². The molecule has 128 valence electrons. The third-order valence-corrected chi connectivity index (χ3v) is 4.63. The highest BCUT2D eigenvalue weighted by molar-refractivity contribution is 5.99. The van der Waals surface area contributed by atoms with Crippen molar-refractivity contribution in [3.05, 3.63) is 41.8 Å². The number of hydrogen-bond acceptors (Lipinski definition) is 4. The summed E-state index contributed by atoms with van der Waals surface area (Å²) in [6.07, 6.45) is 3.02. The van der Waals surface area contributed by atoms with Gasteiger partial charge in [-0.3, -0.25) is 4.79 Å². The van der Waals surface area contributed by atoms with E-state index >= 15 is 0 Å². The Morgan fingerprint density at radius 1 is 1.42 bits per heavy atom. The van der Waals surface area contributed by atoms with E-state index in [-0.39, 0.29) is 28.7 Å². The zero-order valence-electron chi connectivity index (χ0n) is 13.8. The predicted octanol–water partition coefficient (Wildman–Crippen LogP) is 3.10. The number of aromatic nitrogens is 1. The van der Waals surface area contributed by atoms with Gasteiger partial charge in [-0.2, -0.15) is 0 Å². The normalized spacial score (nSPS) is 18.7. The molecule has 3 rings (SSSR count). The molecule has 1 N–H and O–H groups in total. The molecule has 1 aliphatic rings. The quantitative estimate of drug-likeness (QED) is 0.938. The van der Waals surface area contributed by atoms with Crippen LogP contribution in [0.1, 0.15) is 37.0 Å². The van der Waals surface area contributed by atoms with Gasteiger partial charge >= 0.3 is 0 Å². The summed E-state index contributed by atoms with van der Waals surface area (Å²) >= 11 is 0. The van der Waals surface area contributed by atoms with Crippen LogP contribution in [0, 0.1) is 11.7 Å². The molecule has 0 radical (unpaired) electrons. The molecule has 1 fully saturated rings. The lowest BCUT2D eigenvalue weighted by atomic mass is 9.84. The summed E-state index contributed by atoms with van der Waals surface area (Å²) in [5.74, 6) is -0.560. The predicted molar refractivity (Wildman–Crippen MR) is 86.8 cm³/mol. The van der Waals surface area contributed by atoms with Gasteiger partial charge in [0.25, 0.3) is 5.91 Å². The zero-order chi connectivity index (χ0) is 17.3. The summed E-state index contributed by atoms with van der Waals surface area (Å²) in [6, 6.07) is 6.13. The van der Waals surface area contributed by atoms with Gasteiger partial charge in [-0.1, -0.05) is 17.3 Å². The Bertz CT molecular complexity index is 736. The van der Waals surface area contributed by atoms with Crippen LogP contribution in [0.2, 0.25) is 0 Å². The number of amides is 1. The SMILES string of the molecule is CC(C)(O)[C@@H]1CCCN(C(=O)c2cnoc2-c2ccccc2F)C1. The third kappa shape index (κ3) is 3.19. The van der Waals surface area contributed by atoms with Crippen molar-refractivity contribution >= 4 is 5.91 Å². The zero-order valence-corrected chi connectivity index (χ0v) is 13.8. The standard InChI is InChI=1S/C18H21FN2O3/c1-18(2,23)12-6-5-9-21(11-12)17(22)14-10-20-24-16(14)13-7-3-4-8-15(13)19/h3-4,7-8,10,12,23H,5-6,9,11H2,1-2H3/t12-/m1/s1. The highest BCUT2D eigenvalue weighted by atomic mass is 19.1. The smallest absolute Gasteiger partial charge is 0.259 e. The molecule has 0 unspecified atom stereocenters. The summed E-state index contributed by atoms with van der Waals surface area (Å²) in [6.45, 7) is 4.59. The first kappa shape index (κ1) is 16.6. The molecule has 1 aromatic heterocycles. The van der Waals surface area contributed by atoms with Crippen LogP contribution in [0.3, 0.4) is 0 Å². The monoisotopic (exact) mass is 332 g/mol. The molecule has 2 heterocycles. The Morgan fingerprint density at radius 3 is 2.88 bits per heavy atom. The van der Waals surface area contributed by atoms with Crippen LogP contribution in [0.25, 0.3) is 11.3 Å². The van der Waals surface area contributed by atoms with Gasteiger partial charge < -0.3 is 14.5 Å². The molecule has 1 atom stereocenters. The number of benzene rings is 1. The van der Waals surface area contributed by atoms with E-state index in [1.807, 2.05) is 0 Å². The number of likely N-dealkylation sites (tertiary alicyclic amines) is 1. The van der Waals surface area contributed by atoms with E-state index in [0.717, 1.165) is 12.8 Å². The number of aliphatic hydroxyl groups is 1. The second-order valence-electron chi connectivity index (χ2n) is 6.79.